The Hall–Kier alpha value is -2.37. The number of rotatable bonds is 7. The van der Waals surface area contributed by atoms with E-state index in [1.54, 1.807) is 6.92 Å². The van der Waals surface area contributed by atoms with Crippen LogP contribution in [0.15, 0.2) is 22.6 Å². The van der Waals surface area contributed by atoms with Crippen molar-refractivity contribution in [1.82, 2.24) is 5.32 Å². The lowest BCUT2D eigenvalue weighted by molar-refractivity contribution is -0.137. The molecular weight excluding hydrogens is 289 g/mol. The van der Waals surface area contributed by atoms with Crippen molar-refractivity contribution in [3.8, 4) is 0 Å². The van der Waals surface area contributed by atoms with E-state index in [9.17, 15) is 14.0 Å². The predicted molar refractivity (Wildman–Crippen MR) is 79.3 cm³/mol. The van der Waals surface area contributed by atoms with Gasteiger partial charge in [-0.15, -0.1) is 0 Å². The van der Waals surface area contributed by atoms with E-state index in [1.165, 1.54) is 18.2 Å². The Labute approximate surface area is 127 Å². The van der Waals surface area contributed by atoms with Gasteiger partial charge in [-0.1, -0.05) is 6.42 Å². The van der Waals surface area contributed by atoms with E-state index in [0.29, 0.717) is 35.9 Å². The van der Waals surface area contributed by atoms with Gasteiger partial charge in [0, 0.05) is 23.9 Å². The smallest absolute Gasteiger partial charge is 0.303 e. The first-order valence-corrected chi connectivity index (χ1v) is 7.17. The van der Waals surface area contributed by atoms with Crippen LogP contribution in [-0.2, 0) is 4.79 Å². The third-order valence-corrected chi connectivity index (χ3v) is 3.46. The van der Waals surface area contributed by atoms with Gasteiger partial charge in [-0.05, 0) is 38.0 Å². The molecule has 0 bridgehead atoms. The molecule has 0 aliphatic heterocycles. The number of halogens is 1. The van der Waals surface area contributed by atoms with Gasteiger partial charge in [0.05, 0.1) is 0 Å². The first kappa shape index (κ1) is 16.0. The largest absolute Gasteiger partial charge is 0.481 e. The molecule has 0 radical (unpaired) electrons. The summed E-state index contributed by atoms with van der Waals surface area (Å²) in [5, 5.41) is 11.8. The highest BCUT2D eigenvalue weighted by molar-refractivity contribution is 5.98. The van der Waals surface area contributed by atoms with Crippen LogP contribution in [0.5, 0.6) is 0 Å². The van der Waals surface area contributed by atoms with Crippen LogP contribution in [0.25, 0.3) is 11.0 Å². The van der Waals surface area contributed by atoms with Crippen molar-refractivity contribution >= 4 is 22.8 Å². The molecule has 0 aliphatic rings. The third kappa shape index (κ3) is 3.84. The average Bonchev–Trinajstić information content (AvgIpc) is 2.79. The lowest BCUT2D eigenvalue weighted by Gasteiger charge is -2.03. The minimum atomic E-state index is -0.811. The van der Waals surface area contributed by atoms with E-state index >= 15 is 0 Å². The van der Waals surface area contributed by atoms with Crippen molar-refractivity contribution in [3.05, 3.63) is 35.3 Å². The van der Waals surface area contributed by atoms with Crippen LogP contribution < -0.4 is 5.32 Å². The Morgan fingerprint density at radius 2 is 2.05 bits per heavy atom. The Morgan fingerprint density at radius 1 is 1.27 bits per heavy atom. The number of furan rings is 1. The van der Waals surface area contributed by atoms with Crippen LogP contribution >= 0.6 is 0 Å². The van der Waals surface area contributed by atoms with E-state index in [1.807, 2.05) is 0 Å². The number of carboxylic acid groups (broad SMARTS) is 1. The number of hydrogen-bond acceptors (Lipinski definition) is 3. The van der Waals surface area contributed by atoms with Crippen LogP contribution in [0, 0.1) is 12.7 Å². The molecule has 6 heteroatoms. The Kier molecular flexibility index (Phi) is 5.14. The molecule has 1 amide bonds. The molecule has 2 N–H and O–H groups in total. The standard InChI is InChI=1S/C16H18FNO4/c1-10-12-9-11(17)6-7-13(12)22-15(10)16(21)18-8-4-2-3-5-14(19)20/h6-7,9H,2-5,8H2,1H3,(H,18,21)(H,19,20). The summed E-state index contributed by atoms with van der Waals surface area (Å²) in [6.45, 7) is 2.16. The third-order valence-electron chi connectivity index (χ3n) is 3.46. The number of carbonyl (C=O) groups is 2. The van der Waals surface area contributed by atoms with Crippen molar-refractivity contribution in [3.63, 3.8) is 0 Å². The summed E-state index contributed by atoms with van der Waals surface area (Å²) in [4.78, 5) is 22.4. The van der Waals surface area contributed by atoms with Crippen LogP contribution in [-0.4, -0.2) is 23.5 Å². The van der Waals surface area contributed by atoms with E-state index < -0.39 is 5.97 Å². The zero-order valence-electron chi connectivity index (χ0n) is 12.3. The Morgan fingerprint density at radius 3 is 2.77 bits per heavy atom. The maximum Gasteiger partial charge on any atom is 0.303 e. The first-order valence-electron chi connectivity index (χ1n) is 7.17. The molecular formula is C16H18FNO4. The van der Waals surface area contributed by atoms with Crippen LogP contribution in [0.4, 0.5) is 4.39 Å². The molecule has 5 nitrogen and oxygen atoms in total. The summed E-state index contributed by atoms with van der Waals surface area (Å²) < 4.78 is 18.7. The van der Waals surface area contributed by atoms with E-state index in [4.69, 9.17) is 9.52 Å². The van der Waals surface area contributed by atoms with Gasteiger partial charge in [0.2, 0.25) is 0 Å². The average molecular weight is 307 g/mol. The van der Waals surface area contributed by atoms with Gasteiger partial charge in [-0.3, -0.25) is 9.59 Å². The summed E-state index contributed by atoms with van der Waals surface area (Å²) in [5.74, 6) is -1.34. The van der Waals surface area contributed by atoms with Crippen molar-refractivity contribution in [2.24, 2.45) is 0 Å². The fraction of sp³-hybridized carbons (Fsp3) is 0.375. The number of aryl methyl sites for hydroxylation is 1. The quantitative estimate of drug-likeness (QED) is 0.769. The molecule has 1 heterocycles. The van der Waals surface area contributed by atoms with Gasteiger partial charge < -0.3 is 14.8 Å². The SMILES string of the molecule is Cc1c(C(=O)NCCCCCC(=O)O)oc2ccc(F)cc12. The molecule has 0 spiro atoms. The van der Waals surface area contributed by atoms with Gasteiger partial charge in [-0.25, -0.2) is 4.39 Å². The lowest BCUT2D eigenvalue weighted by atomic mass is 10.1. The maximum atomic E-state index is 13.2. The van der Waals surface area contributed by atoms with Gasteiger partial charge >= 0.3 is 5.97 Å². The highest BCUT2D eigenvalue weighted by atomic mass is 19.1. The van der Waals surface area contributed by atoms with Crippen molar-refractivity contribution in [2.45, 2.75) is 32.6 Å². The van der Waals surface area contributed by atoms with E-state index in [2.05, 4.69) is 5.32 Å². The number of carbonyl (C=O) groups excluding carboxylic acids is 1. The number of benzene rings is 1. The molecule has 0 saturated heterocycles. The molecule has 2 rings (SSSR count). The lowest BCUT2D eigenvalue weighted by Crippen LogP contribution is -2.24. The summed E-state index contributed by atoms with van der Waals surface area (Å²) >= 11 is 0. The Balaban J connectivity index is 1.90. The highest BCUT2D eigenvalue weighted by Crippen LogP contribution is 2.25. The summed E-state index contributed by atoms with van der Waals surface area (Å²) in [5.41, 5.74) is 1.09. The molecule has 2 aromatic rings. The zero-order valence-corrected chi connectivity index (χ0v) is 12.3. The maximum absolute atomic E-state index is 13.2. The second-order valence-corrected chi connectivity index (χ2v) is 5.16. The molecule has 1 aromatic carbocycles. The topological polar surface area (TPSA) is 79.5 Å². The second-order valence-electron chi connectivity index (χ2n) is 5.16. The zero-order chi connectivity index (χ0) is 16.1. The molecule has 22 heavy (non-hydrogen) atoms. The minimum Gasteiger partial charge on any atom is -0.481 e. The molecule has 0 atom stereocenters. The number of nitrogens with one attached hydrogen (secondary N) is 1. The first-order chi connectivity index (χ1) is 10.5. The highest BCUT2D eigenvalue weighted by Gasteiger charge is 2.17. The van der Waals surface area contributed by atoms with E-state index in [0.717, 1.165) is 6.42 Å². The number of aliphatic carboxylic acids is 1. The predicted octanol–water partition coefficient (Wildman–Crippen LogP) is 3.26. The summed E-state index contributed by atoms with van der Waals surface area (Å²) in [6.07, 6.45) is 2.17. The fourth-order valence-corrected chi connectivity index (χ4v) is 2.27. The van der Waals surface area contributed by atoms with Crippen molar-refractivity contribution in [1.29, 1.82) is 0 Å². The summed E-state index contributed by atoms with van der Waals surface area (Å²) in [6, 6.07) is 4.13. The summed E-state index contributed by atoms with van der Waals surface area (Å²) in [7, 11) is 0. The molecule has 0 fully saturated rings. The number of amides is 1. The van der Waals surface area contributed by atoms with Crippen molar-refractivity contribution < 1.29 is 23.5 Å². The van der Waals surface area contributed by atoms with Crippen LogP contribution in [0.1, 0.15) is 41.8 Å². The Bertz CT molecular complexity index is 693. The number of carboxylic acids is 1. The van der Waals surface area contributed by atoms with Crippen molar-refractivity contribution in [2.75, 3.05) is 6.54 Å². The van der Waals surface area contributed by atoms with E-state index in [-0.39, 0.29) is 23.9 Å². The number of hydrogen-bond donors (Lipinski definition) is 2. The normalized spacial score (nSPS) is 10.8. The number of fused-ring (bicyclic) bond motifs is 1. The van der Waals surface area contributed by atoms with Gasteiger partial charge in [0.25, 0.3) is 5.91 Å². The molecule has 0 unspecified atom stereocenters. The van der Waals surface area contributed by atoms with Gasteiger partial charge in [-0.2, -0.15) is 0 Å². The van der Waals surface area contributed by atoms with Crippen LogP contribution in [0.3, 0.4) is 0 Å². The molecule has 0 aliphatic carbocycles. The van der Waals surface area contributed by atoms with Gasteiger partial charge in [0.1, 0.15) is 11.4 Å². The van der Waals surface area contributed by atoms with Gasteiger partial charge in [0.15, 0.2) is 5.76 Å². The molecule has 0 saturated carbocycles. The molecule has 118 valence electrons. The monoisotopic (exact) mass is 307 g/mol. The molecule has 1 aromatic heterocycles. The van der Waals surface area contributed by atoms with Crippen LogP contribution in [0.2, 0.25) is 0 Å². The number of unbranched alkanes of at least 4 members (excludes halogenated alkanes) is 2. The minimum absolute atomic E-state index is 0.141. The second kappa shape index (κ2) is 7.06. The fourth-order valence-electron chi connectivity index (χ4n) is 2.27.